The number of rotatable bonds is 23. The number of hydrogen-bond acceptors (Lipinski definition) is 10. The van der Waals surface area contributed by atoms with E-state index in [9.17, 15) is 19.2 Å². The van der Waals surface area contributed by atoms with E-state index in [0.29, 0.717) is 72.2 Å². The molecule has 1 N–H and O–H groups in total. The van der Waals surface area contributed by atoms with Crippen molar-refractivity contribution in [1.82, 2.24) is 15.1 Å². The summed E-state index contributed by atoms with van der Waals surface area (Å²) in [6, 6.07) is 9.23. The highest BCUT2D eigenvalue weighted by atomic mass is 16.6. The van der Waals surface area contributed by atoms with Crippen LogP contribution in [0.25, 0.3) is 0 Å². The predicted octanol–water partition coefficient (Wildman–Crippen LogP) is 3.21. The van der Waals surface area contributed by atoms with E-state index in [0.717, 1.165) is 24.8 Å². The summed E-state index contributed by atoms with van der Waals surface area (Å²) >= 11 is 0. The van der Waals surface area contributed by atoms with E-state index in [2.05, 4.69) is 12.2 Å². The van der Waals surface area contributed by atoms with Gasteiger partial charge in [-0.3, -0.25) is 19.3 Å². The number of hydrogen-bond donors (Lipinski definition) is 1. The molecule has 1 aromatic carbocycles. The molecule has 0 radical (unpaired) electrons. The SMILES string of the molecule is CCCCCC(=O)CN1CCN(C(=O)CCOCCOCCOCCNC(=O)OCc2ccccc2)CC1COC(=O)C(C)C. The van der Waals surface area contributed by atoms with Crippen LogP contribution in [-0.4, -0.2) is 119 Å². The van der Waals surface area contributed by atoms with Crippen molar-refractivity contribution in [1.29, 1.82) is 0 Å². The molecule has 2 amide bonds. The second-order valence-electron chi connectivity index (χ2n) is 11.3. The van der Waals surface area contributed by atoms with Gasteiger partial charge in [0.15, 0.2) is 0 Å². The Balaban J connectivity index is 1.53. The van der Waals surface area contributed by atoms with Gasteiger partial charge in [0.25, 0.3) is 0 Å². The smallest absolute Gasteiger partial charge is 0.407 e. The van der Waals surface area contributed by atoms with Crippen LogP contribution in [0, 0.1) is 5.92 Å². The molecule has 2 rings (SSSR count). The number of benzene rings is 1. The van der Waals surface area contributed by atoms with Crippen LogP contribution in [-0.2, 0) is 44.7 Å². The van der Waals surface area contributed by atoms with Gasteiger partial charge < -0.3 is 33.9 Å². The molecule has 1 fully saturated rings. The minimum atomic E-state index is -0.492. The number of carbonyl (C=O) groups is 4. The first-order chi connectivity index (χ1) is 21.8. The number of amides is 2. The summed E-state index contributed by atoms with van der Waals surface area (Å²) in [7, 11) is 0. The summed E-state index contributed by atoms with van der Waals surface area (Å²) in [4.78, 5) is 53.0. The second-order valence-corrected chi connectivity index (χ2v) is 11.3. The van der Waals surface area contributed by atoms with E-state index in [1.165, 1.54) is 0 Å². The largest absolute Gasteiger partial charge is 0.464 e. The average Bonchev–Trinajstić information content (AvgIpc) is 3.04. The molecular weight excluding hydrogens is 582 g/mol. The van der Waals surface area contributed by atoms with Gasteiger partial charge in [0, 0.05) is 32.6 Å². The Morgan fingerprint density at radius 3 is 2.24 bits per heavy atom. The molecule has 0 spiro atoms. The molecule has 0 aromatic heterocycles. The van der Waals surface area contributed by atoms with Crippen LogP contribution in [0.2, 0.25) is 0 Å². The summed E-state index contributed by atoms with van der Waals surface area (Å²) in [6.45, 7) is 10.2. The number of nitrogens with one attached hydrogen (secondary N) is 1. The van der Waals surface area contributed by atoms with Gasteiger partial charge in [-0.15, -0.1) is 0 Å². The second kappa shape index (κ2) is 23.3. The van der Waals surface area contributed by atoms with Crippen molar-refractivity contribution >= 4 is 23.8 Å². The lowest BCUT2D eigenvalue weighted by atomic mass is 10.1. The normalized spacial score (nSPS) is 15.2. The third-order valence-electron chi connectivity index (χ3n) is 7.22. The summed E-state index contributed by atoms with van der Waals surface area (Å²) in [5, 5.41) is 2.63. The van der Waals surface area contributed by atoms with Crippen LogP contribution in [0.1, 0.15) is 58.4 Å². The van der Waals surface area contributed by atoms with E-state index in [1.807, 2.05) is 35.2 Å². The van der Waals surface area contributed by atoms with Gasteiger partial charge >= 0.3 is 12.1 Å². The summed E-state index contributed by atoms with van der Waals surface area (Å²) in [5.41, 5.74) is 0.921. The number of alkyl carbamates (subject to hydrolysis) is 1. The monoisotopic (exact) mass is 635 g/mol. The highest BCUT2D eigenvalue weighted by Gasteiger charge is 2.31. The minimum Gasteiger partial charge on any atom is -0.464 e. The van der Waals surface area contributed by atoms with Crippen LogP contribution in [0.4, 0.5) is 4.79 Å². The standard InChI is InChI=1S/C33H53N3O9/c1-4-5-7-12-30(37)24-35-15-16-36(23-29(35)26-44-32(39)27(2)3)31(38)13-17-41-19-21-43-22-20-42-18-14-34-33(40)45-25-28-10-8-6-9-11-28/h6,8-11,27,29H,4-5,7,12-26H2,1-3H3,(H,34,40). The molecule has 12 nitrogen and oxygen atoms in total. The molecule has 1 heterocycles. The van der Waals surface area contributed by atoms with Crippen molar-refractivity contribution in [3.8, 4) is 0 Å². The molecule has 1 aliphatic rings. The van der Waals surface area contributed by atoms with Crippen LogP contribution >= 0.6 is 0 Å². The third kappa shape index (κ3) is 17.3. The maximum absolute atomic E-state index is 12.9. The molecule has 0 bridgehead atoms. The van der Waals surface area contributed by atoms with Crippen molar-refractivity contribution in [2.75, 3.05) is 79.0 Å². The molecule has 1 atom stereocenters. The van der Waals surface area contributed by atoms with Crippen LogP contribution in [0.15, 0.2) is 30.3 Å². The van der Waals surface area contributed by atoms with Crippen LogP contribution in [0.5, 0.6) is 0 Å². The fourth-order valence-corrected chi connectivity index (χ4v) is 4.57. The molecule has 1 unspecified atom stereocenters. The highest BCUT2D eigenvalue weighted by molar-refractivity contribution is 5.80. The Bertz CT molecular complexity index is 993. The number of nitrogens with zero attached hydrogens (tertiary/aromatic N) is 2. The Labute approximate surface area is 268 Å². The zero-order valence-corrected chi connectivity index (χ0v) is 27.3. The fraction of sp³-hybridized carbons (Fsp3) is 0.697. The average molecular weight is 636 g/mol. The molecule has 1 aliphatic heterocycles. The topological polar surface area (TPSA) is 133 Å². The van der Waals surface area contributed by atoms with E-state index < -0.39 is 6.09 Å². The predicted molar refractivity (Wildman–Crippen MR) is 169 cm³/mol. The molecule has 1 aromatic rings. The summed E-state index contributed by atoms with van der Waals surface area (Å²) in [5.74, 6) is -0.381. The van der Waals surface area contributed by atoms with Gasteiger partial charge in [0.2, 0.25) is 5.91 Å². The molecule has 1 saturated heterocycles. The first kappa shape index (κ1) is 38.1. The number of ketones is 1. The van der Waals surface area contributed by atoms with Gasteiger partial charge in [-0.05, 0) is 12.0 Å². The van der Waals surface area contributed by atoms with E-state index >= 15 is 0 Å². The Morgan fingerprint density at radius 1 is 0.867 bits per heavy atom. The van der Waals surface area contributed by atoms with Crippen molar-refractivity contribution < 1.29 is 42.9 Å². The summed E-state index contributed by atoms with van der Waals surface area (Å²) in [6.07, 6.45) is 3.26. The van der Waals surface area contributed by atoms with Crippen molar-refractivity contribution in [3.05, 3.63) is 35.9 Å². The van der Waals surface area contributed by atoms with Crippen molar-refractivity contribution in [3.63, 3.8) is 0 Å². The molecule has 12 heteroatoms. The lowest BCUT2D eigenvalue weighted by Gasteiger charge is -2.41. The Morgan fingerprint density at radius 2 is 1.56 bits per heavy atom. The number of carbonyl (C=O) groups excluding carboxylic acids is 4. The first-order valence-electron chi connectivity index (χ1n) is 16.2. The lowest BCUT2D eigenvalue weighted by Crippen LogP contribution is -2.57. The van der Waals surface area contributed by atoms with E-state index in [1.54, 1.807) is 18.7 Å². The molecule has 0 aliphatic carbocycles. The zero-order chi connectivity index (χ0) is 32.7. The fourth-order valence-electron chi connectivity index (χ4n) is 4.57. The number of esters is 1. The Hall–Kier alpha value is -3.06. The quantitative estimate of drug-likeness (QED) is 0.141. The molecular formula is C33H53N3O9. The van der Waals surface area contributed by atoms with Crippen LogP contribution in [0.3, 0.4) is 0 Å². The molecule has 45 heavy (non-hydrogen) atoms. The number of ether oxygens (including phenoxy) is 5. The van der Waals surface area contributed by atoms with Crippen molar-refractivity contribution in [2.45, 2.75) is 65.5 Å². The van der Waals surface area contributed by atoms with Gasteiger partial charge in [-0.1, -0.05) is 63.9 Å². The van der Waals surface area contributed by atoms with Gasteiger partial charge in [0.05, 0.1) is 64.6 Å². The molecule has 254 valence electrons. The number of piperazine rings is 1. The van der Waals surface area contributed by atoms with Crippen molar-refractivity contribution in [2.24, 2.45) is 5.92 Å². The Kier molecular flexibility index (Phi) is 19.7. The number of unbranched alkanes of at least 4 members (excludes halogenated alkanes) is 2. The third-order valence-corrected chi connectivity index (χ3v) is 7.22. The highest BCUT2D eigenvalue weighted by Crippen LogP contribution is 2.14. The maximum Gasteiger partial charge on any atom is 0.407 e. The van der Waals surface area contributed by atoms with E-state index in [4.69, 9.17) is 23.7 Å². The number of Topliss-reactive ketones (excluding diaryl/α,β-unsaturated/α-hetero) is 1. The van der Waals surface area contributed by atoms with E-state index in [-0.39, 0.29) is 55.9 Å². The maximum atomic E-state index is 12.9. The van der Waals surface area contributed by atoms with Crippen LogP contribution < -0.4 is 5.32 Å². The lowest BCUT2D eigenvalue weighted by molar-refractivity contribution is -0.150. The van der Waals surface area contributed by atoms with Gasteiger partial charge in [0.1, 0.15) is 19.0 Å². The first-order valence-corrected chi connectivity index (χ1v) is 16.2. The van der Waals surface area contributed by atoms with Gasteiger partial charge in [-0.2, -0.15) is 0 Å². The minimum absolute atomic E-state index is 0.0315. The summed E-state index contributed by atoms with van der Waals surface area (Å²) < 4.78 is 27.1. The van der Waals surface area contributed by atoms with Gasteiger partial charge in [-0.25, -0.2) is 4.79 Å². The zero-order valence-electron chi connectivity index (χ0n) is 27.3. The molecule has 0 saturated carbocycles.